The van der Waals surface area contributed by atoms with Crippen LogP contribution in [0.5, 0.6) is 0 Å². The molecule has 1 saturated heterocycles. The van der Waals surface area contributed by atoms with Gasteiger partial charge in [0, 0.05) is 51.7 Å². The number of nitrogens with one attached hydrogen (secondary N) is 3. The van der Waals surface area contributed by atoms with E-state index in [1.807, 2.05) is 49.1 Å². The van der Waals surface area contributed by atoms with E-state index < -0.39 is 57.7 Å². The van der Waals surface area contributed by atoms with E-state index in [9.17, 15) is 23.5 Å². The SMILES string of the molecule is CC(C)C[C@H](NC(=O)[C@@H](Cc1ccccc1)NC(=O)c1cnccn1)B1OCCN(CCOC(=O)NC(P(=O)(O)O)P(=O)(O)O)CCO1. The molecule has 48 heavy (non-hydrogen) atoms. The zero-order chi connectivity index (χ0) is 35.3. The van der Waals surface area contributed by atoms with Crippen LogP contribution in [0, 0.1) is 5.92 Å². The van der Waals surface area contributed by atoms with Crippen LogP contribution in [-0.2, 0) is 34.4 Å². The molecule has 2 aromatic rings. The van der Waals surface area contributed by atoms with Crippen molar-refractivity contribution in [1.29, 1.82) is 0 Å². The number of alkyl carbamates (subject to hydrolysis) is 1. The lowest BCUT2D eigenvalue weighted by Crippen LogP contribution is -2.57. The van der Waals surface area contributed by atoms with Gasteiger partial charge in [-0.25, -0.2) is 9.78 Å². The van der Waals surface area contributed by atoms with Crippen LogP contribution >= 0.6 is 15.2 Å². The second-order valence-electron chi connectivity index (χ2n) is 11.3. The van der Waals surface area contributed by atoms with Crippen molar-refractivity contribution >= 4 is 40.2 Å². The van der Waals surface area contributed by atoms with E-state index in [1.54, 1.807) is 0 Å². The molecule has 3 rings (SSSR count). The third-order valence-electron chi connectivity index (χ3n) is 6.99. The molecule has 1 aliphatic rings. The van der Waals surface area contributed by atoms with E-state index in [2.05, 4.69) is 20.6 Å². The second kappa shape index (κ2) is 18.5. The number of rotatable bonds is 15. The van der Waals surface area contributed by atoms with Crippen molar-refractivity contribution in [3.05, 3.63) is 60.2 Å². The Morgan fingerprint density at radius 3 is 2.19 bits per heavy atom. The number of benzene rings is 1. The highest BCUT2D eigenvalue weighted by Crippen LogP contribution is 2.58. The van der Waals surface area contributed by atoms with Crippen LogP contribution in [-0.4, -0.2) is 116 Å². The van der Waals surface area contributed by atoms with E-state index in [0.717, 1.165) is 5.56 Å². The number of nitrogens with zero attached hydrogens (tertiary/aromatic N) is 3. The highest BCUT2D eigenvalue weighted by atomic mass is 31.2. The van der Waals surface area contributed by atoms with E-state index in [0.29, 0.717) is 19.5 Å². The van der Waals surface area contributed by atoms with Crippen molar-refractivity contribution in [3.63, 3.8) is 0 Å². The lowest BCUT2D eigenvalue weighted by Gasteiger charge is -2.32. The van der Waals surface area contributed by atoms with Gasteiger partial charge in [-0.2, -0.15) is 0 Å². The first-order valence-corrected chi connectivity index (χ1v) is 18.4. The Balaban J connectivity index is 1.58. The predicted octanol–water partition coefficient (Wildman–Crippen LogP) is 0.0900. The van der Waals surface area contributed by atoms with Gasteiger partial charge in [-0.15, -0.1) is 0 Å². The first-order valence-electron chi connectivity index (χ1n) is 15.0. The molecule has 1 aromatic heterocycles. The summed E-state index contributed by atoms with van der Waals surface area (Å²) in [5.74, 6) is -1.42. The van der Waals surface area contributed by atoms with Gasteiger partial charge in [-0.1, -0.05) is 44.2 Å². The second-order valence-corrected chi connectivity index (χ2v) is 15.1. The Kier molecular flexibility index (Phi) is 15.1. The minimum Gasteiger partial charge on any atom is -0.448 e. The minimum atomic E-state index is -5.36. The van der Waals surface area contributed by atoms with Crippen LogP contribution in [0.25, 0.3) is 0 Å². The predicted molar refractivity (Wildman–Crippen MR) is 171 cm³/mol. The summed E-state index contributed by atoms with van der Waals surface area (Å²) in [6, 6.07) is 8.29. The molecule has 1 aromatic carbocycles. The van der Waals surface area contributed by atoms with Crippen molar-refractivity contribution in [2.24, 2.45) is 5.92 Å². The molecule has 3 amide bonds. The summed E-state index contributed by atoms with van der Waals surface area (Å²) in [7, 11) is -11.5. The van der Waals surface area contributed by atoms with E-state index in [4.69, 9.17) is 33.6 Å². The fourth-order valence-electron chi connectivity index (χ4n) is 4.73. The van der Waals surface area contributed by atoms with Crippen molar-refractivity contribution in [2.75, 3.05) is 39.5 Å². The fourth-order valence-corrected chi connectivity index (χ4v) is 6.84. The summed E-state index contributed by atoms with van der Waals surface area (Å²) in [6.07, 6.45) is 3.44. The number of carbonyl (C=O) groups excluding carboxylic acids is 3. The Morgan fingerprint density at radius 2 is 1.62 bits per heavy atom. The number of hydrogen-bond donors (Lipinski definition) is 7. The third-order valence-corrected chi connectivity index (χ3v) is 10.3. The van der Waals surface area contributed by atoms with E-state index >= 15 is 0 Å². The number of amides is 3. The Labute approximate surface area is 277 Å². The molecular weight excluding hydrogens is 673 g/mol. The average molecular weight is 714 g/mol. The Bertz CT molecular complexity index is 1400. The molecule has 18 nitrogen and oxygen atoms in total. The lowest BCUT2D eigenvalue weighted by atomic mass is 9.73. The zero-order valence-electron chi connectivity index (χ0n) is 26.5. The maximum Gasteiger partial charge on any atom is 0.480 e. The normalized spacial score (nSPS) is 16.0. The molecule has 7 N–H and O–H groups in total. The molecule has 1 aliphatic heterocycles. The standard InChI is InChI=1S/C27H41BN6O12P2/c1-19(2)16-23(32-24(35)21(17-20-6-4-3-5-7-20)31-25(36)22-18-29-8-9-30-22)28-45-14-11-34(12-15-46-28)10-13-44-26(37)33-27(47(38,39)40)48(41,42)43/h3-9,18-19,21,23,27H,10-17H2,1-2H3,(H,31,36)(H,32,35)(H,33,37)(H2,38,39,40)(H2,41,42,43)/t21-,23+/m1/s1. The van der Waals surface area contributed by atoms with Gasteiger partial charge in [0.1, 0.15) is 18.3 Å². The maximum atomic E-state index is 13.7. The van der Waals surface area contributed by atoms with E-state index in [1.165, 1.54) is 23.9 Å². The Morgan fingerprint density at radius 1 is 0.979 bits per heavy atom. The molecule has 0 saturated carbocycles. The molecular formula is C27H41BN6O12P2. The highest BCUT2D eigenvalue weighted by Gasteiger charge is 2.45. The molecule has 1 fully saturated rings. The molecule has 0 bridgehead atoms. The summed E-state index contributed by atoms with van der Waals surface area (Å²) >= 11 is 0. The molecule has 2 atom stereocenters. The summed E-state index contributed by atoms with van der Waals surface area (Å²) in [5.41, 5.74) is -1.82. The van der Waals surface area contributed by atoms with Gasteiger partial charge >= 0.3 is 28.4 Å². The minimum absolute atomic E-state index is 0.0656. The molecule has 0 aliphatic carbocycles. The van der Waals surface area contributed by atoms with Crippen LogP contribution in [0.2, 0.25) is 0 Å². The van der Waals surface area contributed by atoms with Gasteiger partial charge in [-0.05, 0) is 17.9 Å². The smallest absolute Gasteiger partial charge is 0.448 e. The Hall–Kier alpha value is -3.25. The van der Waals surface area contributed by atoms with Crippen molar-refractivity contribution < 1.29 is 57.1 Å². The summed E-state index contributed by atoms with van der Waals surface area (Å²) in [6.45, 7) is 4.92. The van der Waals surface area contributed by atoms with Gasteiger partial charge in [-0.3, -0.25) is 33.9 Å². The monoisotopic (exact) mass is 714 g/mol. The van der Waals surface area contributed by atoms with Crippen LogP contribution in [0.4, 0.5) is 4.79 Å². The third kappa shape index (κ3) is 13.3. The number of ether oxygens (including phenoxy) is 1. The van der Waals surface area contributed by atoms with Crippen LogP contribution < -0.4 is 16.0 Å². The maximum absolute atomic E-state index is 13.7. The summed E-state index contributed by atoms with van der Waals surface area (Å²) < 4.78 is 39.6. The largest absolute Gasteiger partial charge is 0.480 e. The zero-order valence-corrected chi connectivity index (χ0v) is 28.2. The van der Waals surface area contributed by atoms with Gasteiger partial charge < -0.3 is 44.3 Å². The van der Waals surface area contributed by atoms with Crippen LogP contribution in [0.15, 0.2) is 48.9 Å². The van der Waals surface area contributed by atoms with Crippen LogP contribution in [0.1, 0.15) is 36.3 Å². The average Bonchev–Trinajstić information content (AvgIpc) is 2.99. The van der Waals surface area contributed by atoms with Crippen molar-refractivity contribution in [2.45, 2.75) is 44.2 Å². The summed E-state index contributed by atoms with van der Waals surface area (Å²) in [4.78, 5) is 84.9. The van der Waals surface area contributed by atoms with Crippen molar-refractivity contribution in [1.82, 2.24) is 30.8 Å². The quantitative estimate of drug-likeness (QED) is 0.0953. The number of hydrogen-bond acceptors (Lipinski definition) is 11. The molecule has 0 unspecified atom stereocenters. The molecule has 0 spiro atoms. The van der Waals surface area contributed by atoms with Gasteiger partial charge in [0.25, 0.3) is 5.91 Å². The topological polar surface area (TPSA) is 259 Å². The first-order chi connectivity index (χ1) is 22.6. The van der Waals surface area contributed by atoms with Crippen LogP contribution in [0.3, 0.4) is 0 Å². The molecule has 2 heterocycles. The molecule has 0 radical (unpaired) electrons. The number of aromatic nitrogens is 2. The molecule has 21 heteroatoms. The fraction of sp³-hybridized carbons (Fsp3) is 0.519. The lowest BCUT2D eigenvalue weighted by molar-refractivity contribution is -0.123. The van der Waals surface area contributed by atoms with Gasteiger partial charge in [0.05, 0.1) is 12.1 Å². The van der Waals surface area contributed by atoms with Gasteiger partial charge in [0.15, 0.2) is 0 Å². The van der Waals surface area contributed by atoms with Crippen molar-refractivity contribution in [3.8, 4) is 0 Å². The molecule has 264 valence electrons. The highest BCUT2D eigenvalue weighted by molar-refractivity contribution is 7.70. The first kappa shape index (κ1) is 39.2. The summed E-state index contributed by atoms with van der Waals surface area (Å²) in [5, 5.41) is 7.30. The van der Waals surface area contributed by atoms with Gasteiger partial charge in [0.2, 0.25) is 11.4 Å². The number of carbonyl (C=O) groups is 3. The van der Waals surface area contributed by atoms with E-state index in [-0.39, 0.29) is 44.4 Å².